The van der Waals surface area contributed by atoms with Crippen LogP contribution in [-0.2, 0) is 9.47 Å². The Bertz CT molecular complexity index is 359. The number of ether oxygens (including phenoxy) is 2. The predicted octanol–water partition coefficient (Wildman–Crippen LogP) is 6.22. The number of alkyl halides is 1. The summed E-state index contributed by atoms with van der Waals surface area (Å²) in [5.41, 5.74) is 0.00103. The molecule has 0 N–H and O–H groups in total. The SMILES string of the molecule is CCCCOC1CCC2(CC1)CC1(CCC(OCCCC)CC1)C2F. The van der Waals surface area contributed by atoms with E-state index in [2.05, 4.69) is 13.8 Å². The summed E-state index contributed by atoms with van der Waals surface area (Å²) in [5, 5.41) is 0. The fourth-order valence-corrected chi connectivity index (χ4v) is 5.71. The molecule has 0 amide bonds. The van der Waals surface area contributed by atoms with Gasteiger partial charge in [0.05, 0.1) is 12.2 Å². The Morgan fingerprint density at radius 2 is 1.16 bits per heavy atom. The molecular formula is C22H39FO2. The zero-order valence-electron chi connectivity index (χ0n) is 16.5. The molecule has 0 atom stereocenters. The fraction of sp³-hybridized carbons (Fsp3) is 1.00. The zero-order valence-corrected chi connectivity index (χ0v) is 16.5. The van der Waals surface area contributed by atoms with Crippen molar-refractivity contribution >= 4 is 0 Å². The molecule has 3 saturated carbocycles. The van der Waals surface area contributed by atoms with Gasteiger partial charge in [0.25, 0.3) is 0 Å². The van der Waals surface area contributed by atoms with Crippen molar-refractivity contribution in [3.63, 3.8) is 0 Å². The van der Waals surface area contributed by atoms with Gasteiger partial charge in [0.15, 0.2) is 0 Å². The Morgan fingerprint density at radius 1 is 0.760 bits per heavy atom. The van der Waals surface area contributed by atoms with E-state index in [4.69, 9.17) is 9.47 Å². The maximum Gasteiger partial charge on any atom is 0.111 e. The first-order chi connectivity index (χ1) is 12.1. The van der Waals surface area contributed by atoms with Crippen LogP contribution in [0.4, 0.5) is 4.39 Å². The molecule has 146 valence electrons. The molecule has 3 aliphatic carbocycles. The summed E-state index contributed by atoms with van der Waals surface area (Å²) in [6.45, 7) is 6.17. The van der Waals surface area contributed by atoms with Gasteiger partial charge in [-0.3, -0.25) is 0 Å². The Morgan fingerprint density at radius 3 is 1.48 bits per heavy atom. The minimum absolute atomic E-state index is 0.000517. The third kappa shape index (κ3) is 4.24. The zero-order chi connectivity index (χ0) is 17.8. The maximum absolute atomic E-state index is 15.4. The first-order valence-corrected chi connectivity index (χ1v) is 11.0. The second kappa shape index (κ2) is 8.69. The summed E-state index contributed by atoms with van der Waals surface area (Å²) in [6.07, 6.45) is 14.5. The number of unbranched alkanes of at least 4 members (excludes halogenated alkanes) is 2. The predicted molar refractivity (Wildman–Crippen MR) is 101 cm³/mol. The minimum atomic E-state index is -0.576. The fourth-order valence-electron chi connectivity index (χ4n) is 5.71. The number of halogens is 1. The van der Waals surface area contributed by atoms with Gasteiger partial charge < -0.3 is 9.47 Å². The molecular weight excluding hydrogens is 315 g/mol. The molecule has 0 aromatic heterocycles. The molecule has 0 unspecified atom stereocenters. The van der Waals surface area contributed by atoms with E-state index in [0.29, 0.717) is 12.2 Å². The van der Waals surface area contributed by atoms with E-state index in [1.54, 1.807) is 0 Å². The van der Waals surface area contributed by atoms with Crippen molar-refractivity contribution in [1.82, 2.24) is 0 Å². The van der Waals surface area contributed by atoms with Crippen molar-refractivity contribution < 1.29 is 13.9 Å². The van der Waals surface area contributed by atoms with Gasteiger partial charge in [0.2, 0.25) is 0 Å². The first kappa shape index (κ1) is 19.6. The normalized spacial score (nSPS) is 41.2. The average molecular weight is 355 g/mol. The van der Waals surface area contributed by atoms with Gasteiger partial charge in [-0.15, -0.1) is 0 Å². The third-order valence-electron chi connectivity index (χ3n) is 7.34. The smallest absolute Gasteiger partial charge is 0.111 e. The molecule has 0 bridgehead atoms. The summed E-state index contributed by atoms with van der Waals surface area (Å²) < 4.78 is 27.3. The molecule has 0 aromatic carbocycles. The topological polar surface area (TPSA) is 18.5 Å². The van der Waals surface area contributed by atoms with Crippen molar-refractivity contribution in [2.45, 2.75) is 116 Å². The van der Waals surface area contributed by atoms with Crippen LogP contribution in [0.1, 0.15) is 97.3 Å². The molecule has 0 saturated heterocycles. The van der Waals surface area contributed by atoms with E-state index in [0.717, 1.165) is 83.8 Å². The van der Waals surface area contributed by atoms with Crippen molar-refractivity contribution in [3.05, 3.63) is 0 Å². The lowest BCUT2D eigenvalue weighted by molar-refractivity contribution is -0.196. The molecule has 3 heteroatoms. The molecule has 0 heterocycles. The Labute approximate surface area is 154 Å². The highest BCUT2D eigenvalue weighted by Crippen LogP contribution is 2.67. The Hall–Kier alpha value is -0.150. The Kier molecular flexibility index (Phi) is 6.82. The first-order valence-electron chi connectivity index (χ1n) is 11.0. The van der Waals surface area contributed by atoms with Gasteiger partial charge in [-0.1, -0.05) is 26.7 Å². The van der Waals surface area contributed by atoms with Gasteiger partial charge in [-0.25, -0.2) is 4.39 Å². The van der Waals surface area contributed by atoms with Gasteiger partial charge in [-0.2, -0.15) is 0 Å². The van der Waals surface area contributed by atoms with Crippen LogP contribution in [0.2, 0.25) is 0 Å². The van der Waals surface area contributed by atoms with Crippen LogP contribution in [0, 0.1) is 10.8 Å². The van der Waals surface area contributed by atoms with E-state index < -0.39 is 6.17 Å². The number of hydrogen-bond donors (Lipinski definition) is 0. The highest BCUT2D eigenvalue weighted by Gasteiger charge is 2.64. The lowest BCUT2D eigenvalue weighted by Gasteiger charge is -2.63. The molecule has 3 fully saturated rings. The summed E-state index contributed by atoms with van der Waals surface area (Å²) >= 11 is 0. The molecule has 2 nitrogen and oxygen atoms in total. The van der Waals surface area contributed by atoms with E-state index in [9.17, 15) is 0 Å². The van der Waals surface area contributed by atoms with Crippen LogP contribution in [0.5, 0.6) is 0 Å². The number of hydrogen-bond acceptors (Lipinski definition) is 2. The summed E-state index contributed by atoms with van der Waals surface area (Å²) in [6, 6.07) is 0. The van der Waals surface area contributed by atoms with Gasteiger partial charge in [0, 0.05) is 24.0 Å². The largest absolute Gasteiger partial charge is 0.378 e. The molecule has 0 aliphatic heterocycles. The molecule has 3 aliphatic rings. The molecule has 2 spiro atoms. The van der Waals surface area contributed by atoms with Crippen LogP contribution < -0.4 is 0 Å². The highest BCUT2D eigenvalue weighted by molar-refractivity contribution is 5.13. The van der Waals surface area contributed by atoms with Gasteiger partial charge >= 0.3 is 0 Å². The summed E-state index contributed by atoms with van der Waals surface area (Å²) in [7, 11) is 0. The van der Waals surface area contributed by atoms with Gasteiger partial charge in [-0.05, 0) is 70.6 Å². The van der Waals surface area contributed by atoms with E-state index in [1.807, 2.05) is 0 Å². The lowest BCUT2D eigenvalue weighted by Crippen LogP contribution is -2.61. The lowest BCUT2D eigenvalue weighted by atomic mass is 9.43. The van der Waals surface area contributed by atoms with Crippen LogP contribution in [-0.4, -0.2) is 31.6 Å². The van der Waals surface area contributed by atoms with Crippen molar-refractivity contribution in [2.75, 3.05) is 13.2 Å². The van der Waals surface area contributed by atoms with Crippen LogP contribution in [0.15, 0.2) is 0 Å². The Balaban J connectivity index is 1.41. The quantitative estimate of drug-likeness (QED) is 0.482. The van der Waals surface area contributed by atoms with Crippen LogP contribution >= 0.6 is 0 Å². The summed E-state index contributed by atoms with van der Waals surface area (Å²) in [4.78, 5) is 0. The summed E-state index contributed by atoms with van der Waals surface area (Å²) in [5.74, 6) is 0. The van der Waals surface area contributed by atoms with Crippen LogP contribution in [0.3, 0.4) is 0 Å². The standard InChI is InChI=1S/C22H39FO2/c1-3-5-15-24-18-7-11-21(12-8-18)17-22(20(21)23)13-9-19(10-14-22)25-16-6-4-2/h18-20H,3-17H2,1-2H3. The average Bonchev–Trinajstić information content (AvgIpc) is 2.65. The van der Waals surface area contributed by atoms with Crippen molar-refractivity contribution in [1.29, 1.82) is 0 Å². The van der Waals surface area contributed by atoms with Crippen molar-refractivity contribution in [2.24, 2.45) is 10.8 Å². The second-order valence-corrected chi connectivity index (χ2v) is 9.11. The minimum Gasteiger partial charge on any atom is -0.378 e. The molecule has 3 rings (SSSR count). The van der Waals surface area contributed by atoms with E-state index in [-0.39, 0.29) is 10.8 Å². The highest BCUT2D eigenvalue weighted by atomic mass is 19.1. The van der Waals surface area contributed by atoms with E-state index >= 15 is 4.39 Å². The molecule has 25 heavy (non-hydrogen) atoms. The van der Waals surface area contributed by atoms with Gasteiger partial charge in [0.1, 0.15) is 6.17 Å². The molecule has 0 aromatic rings. The maximum atomic E-state index is 15.4. The number of rotatable bonds is 8. The third-order valence-corrected chi connectivity index (χ3v) is 7.34. The van der Waals surface area contributed by atoms with E-state index in [1.165, 1.54) is 12.8 Å². The molecule has 0 radical (unpaired) electrons. The second-order valence-electron chi connectivity index (χ2n) is 9.11. The van der Waals surface area contributed by atoms with Crippen LogP contribution in [0.25, 0.3) is 0 Å². The monoisotopic (exact) mass is 354 g/mol. The van der Waals surface area contributed by atoms with Crippen molar-refractivity contribution in [3.8, 4) is 0 Å².